The predicted molar refractivity (Wildman–Crippen MR) is 35.2 cm³/mol. The maximum Gasteiger partial charge on any atom is 0.412 e. The summed E-state index contributed by atoms with van der Waals surface area (Å²) in [5.41, 5.74) is 4.50. The van der Waals surface area contributed by atoms with E-state index in [1.54, 1.807) is 0 Å². The molecule has 1 rings (SSSR count). The monoisotopic (exact) mass is 164 g/mol. The molecule has 5 heteroatoms. The molecule has 0 spiro atoms. The lowest BCUT2D eigenvalue weighted by Crippen LogP contribution is -2.21. The average Bonchev–Trinajstić information content (AvgIpc) is 1.86. The molecule has 2 nitrogen and oxygen atoms in total. The smallest absolute Gasteiger partial charge is 0.384 e. The molecule has 0 unspecified atom stereocenters. The molecule has 62 valence electrons. The lowest BCUT2D eigenvalue weighted by molar-refractivity contribution is -0.0938. The van der Waals surface area contributed by atoms with Crippen molar-refractivity contribution in [2.45, 2.75) is 12.6 Å². The third kappa shape index (κ3) is 1.96. The number of aliphatic imine (C=N–C) groups is 1. The van der Waals surface area contributed by atoms with E-state index in [-0.39, 0.29) is 18.8 Å². The highest BCUT2D eigenvalue weighted by molar-refractivity contribution is 5.92. The highest BCUT2D eigenvalue weighted by Gasteiger charge is 2.33. The van der Waals surface area contributed by atoms with Gasteiger partial charge in [-0.1, -0.05) is 0 Å². The summed E-state index contributed by atoms with van der Waals surface area (Å²) in [4.78, 5) is 3.61. The zero-order valence-corrected chi connectivity index (χ0v) is 5.65. The van der Waals surface area contributed by atoms with E-state index in [9.17, 15) is 13.2 Å². The zero-order chi connectivity index (χ0) is 8.48. The van der Waals surface area contributed by atoms with Crippen LogP contribution >= 0.6 is 0 Å². The van der Waals surface area contributed by atoms with Gasteiger partial charge in [-0.3, -0.25) is 4.99 Å². The van der Waals surface area contributed by atoms with Crippen molar-refractivity contribution in [1.29, 1.82) is 0 Å². The summed E-state index contributed by atoms with van der Waals surface area (Å²) < 4.78 is 35.8. The molecular formula is C6H7F3N2. The number of nitrogens with two attached hydrogens (primary N) is 1. The highest BCUT2D eigenvalue weighted by Crippen LogP contribution is 2.28. The topological polar surface area (TPSA) is 38.4 Å². The second-order valence-corrected chi connectivity index (χ2v) is 2.22. The van der Waals surface area contributed by atoms with Crippen LogP contribution in [0.15, 0.2) is 16.6 Å². The Morgan fingerprint density at radius 2 is 2.09 bits per heavy atom. The largest absolute Gasteiger partial charge is 0.412 e. The van der Waals surface area contributed by atoms with E-state index in [1.807, 2.05) is 0 Å². The quantitative estimate of drug-likeness (QED) is 0.574. The summed E-state index contributed by atoms with van der Waals surface area (Å²) in [5.74, 6) is -0.0384. The first-order valence-electron chi connectivity index (χ1n) is 3.08. The van der Waals surface area contributed by atoms with E-state index in [2.05, 4.69) is 4.99 Å². The lowest BCUT2D eigenvalue weighted by atomic mass is 10.1. The molecule has 1 heterocycles. The Morgan fingerprint density at radius 3 is 2.45 bits per heavy atom. The van der Waals surface area contributed by atoms with E-state index in [1.165, 1.54) is 0 Å². The van der Waals surface area contributed by atoms with Crippen LogP contribution in [0.25, 0.3) is 0 Å². The van der Waals surface area contributed by atoms with Gasteiger partial charge in [0.05, 0.1) is 0 Å². The van der Waals surface area contributed by atoms with Crippen molar-refractivity contribution in [1.82, 2.24) is 0 Å². The van der Waals surface area contributed by atoms with Gasteiger partial charge < -0.3 is 5.73 Å². The average molecular weight is 164 g/mol. The minimum atomic E-state index is -4.25. The summed E-state index contributed by atoms with van der Waals surface area (Å²) in [7, 11) is 0. The van der Waals surface area contributed by atoms with Gasteiger partial charge in [-0.25, -0.2) is 0 Å². The van der Waals surface area contributed by atoms with Crippen LogP contribution in [0.3, 0.4) is 0 Å². The number of alkyl halides is 3. The molecule has 0 saturated heterocycles. The second-order valence-electron chi connectivity index (χ2n) is 2.22. The molecule has 11 heavy (non-hydrogen) atoms. The predicted octanol–water partition coefficient (Wildman–Crippen LogP) is 1.24. The summed E-state index contributed by atoms with van der Waals surface area (Å²) in [6.07, 6.45) is -3.44. The molecule has 0 fully saturated rings. The van der Waals surface area contributed by atoms with E-state index in [0.717, 1.165) is 6.08 Å². The van der Waals surface area contributed by atoms with E-state index in [4.69, 9.17) is 5.73 Å². The lowest BCUT2D eigenvalue weighted by Gasteiger charge is -2.13. The first kappa shape index (κ1) is 8.10. The molecular weight excluding hydrogens is 157 g/mol. The Bertz CT molecular complexity index is 214. The fourth-order valence-electron chi connectivity index (χ4n) is 0.825. The fourth-order valence-corrected chi connectivity index (χ4v) is 0.825. The van der Waals surface area contributed by atoms with Gasteiger partial charge in [-0.15, -0.1) is 0 Å². The SMILES string of the molecule is NC1=NCCC(C(F)(F)F)=C1. The van der Waals surface area contributed by atoms with Crippen molar-refractivity contribution in [3.8, 4) is 0 Å². The number of hydrogen-bond acceptors (Lipinski definition) is 2. The van der Waals surface area contributed by atoms with Crippen LogP contribution in [-0.2, 0) is 0 Å². The van der Waals surface area contributed by atoms with Crippen LogP contribution in [0.1, 0.15) is 6.42 Å². The number of rotatable bonds is 0. The van der Waals surface area contributed by atoms with Crippen LogP contribution < -0.4 is 5.73 Å². The molecule has 0 atom stereocenters. The molecule has 1 aliphatic rings. The van der Waals surface area contributed by atoms with Crippen molar-refractivity contribution >= 4 is 5.84 Å². The minimum absolute atomic E-state index is 0.0384. The highest BCUT2D eigenvalue weighted by atomic mass is 19.4. The third-order valence-corrected chi connectivity index (χ3v) is 1.36. The molecule has 0 bridgehead atoms. The molecule has 0 amide bonds. The van der Waals surface area contributed by atoms with Crippen LogP contribution in [0.5, 0.6) is 0 Å². The summed E-state index contributed by atoms with van der Waals surface area (Å²) >= 11 is 0. The molecule has 0 aromatic rings. The summed E-state index contributed by atoms with van der Waals surface area (Å²) in [5, 5.41) is 0. The third-order valence-electron chi connectivity index (χ3n) is 1.36. The maximum atomic E-state index is 11.9. The van der Waals surface area contributed by atoms with E-state index >= 15 is 0 Å². The standard InChI is InChI=1S/C6H7F3N2/c7-6(8,9)4-1-2-11-5(10)3-4/h3H,1-2H2,(H2,10,11). The molecule has 0 aliphatic carbocycles. The van der Waals surface area contributed by atoms with Crippen molar-refractivity contribution in [3.05, 3.63) is 11.6 Å². The van der Waals surface area contributed by atoms with Gasteiger partial charge in [0, 0.05) is 12.1 Å². The normalized spacial score (nSPS) is 19.2. The van der Waals surface area contributed by atoms with Crippen LogP contribution in [0, 0.1) is 0 Å². The minimum Gasteiger partial charge on any atom is -0.384 e. The number of dihydropyridines is 1. The van der Waals surface area contributed by atoms with Crippen molar-refractivity contribution in [2.24, 2.45) is 10.7 Å². The maximum absolute atomic E-state index is 11.9. The first-order chi connectivity index (χ1) is 5.00. The molecule has 1 aliphatic heterocycles. The number of amidine groups is 1. The van der Waals surface area contributed by atoms with Crippen LogP contribution in [-0.4, -0.2) is 18.6 Å². The zero-order valence-electron chi connectivity index (χ0n) is 5.65. The van der Waals surface area contributed by atoms with Gasteiger partial charge in [0.25, 0.3) is 0 Å². The number of halogens is 3. The van der Waals surface area contributed by atoms with Gasteiger partial charge in [0.15, 0.2) is 0 Å². The molecule has 0 radical (unpaired) electrons. The van der Waals surface area contributed by atoms with Gasteiger partial charge >= 0.3 is 6.18 Å². The van der Waals surface area contributed by atoms with E-state index < -0.39 is 11.7 Å². The summed E-state index contributed by atoms with van der Waals surface area (Å²) in [6.45, 7) is 0.136. The van der Waals surface area contributed by atoms with Gasteiger partial charge in [-0.05, 0) is 12.5 Å². The van der Waals surface area contributed by atoms with Crippen molar-refractivity contribution < 1.29 is 13.2 Å². The van der Waals surface area contributed by atoms with E-state index in [0.29, 0.717) is 0 Å². The van der Waals surface area contributed by atoms with Gasteiger partial charge in [-0.2, -0.15) is 13.2 Å². The second kappa shape index (κ2) is 2.56. The Morgan fingerprint density at radius 1 is 1.45 bits per heavy atom. The Labute approximate surface area is 61.6 Å². The Balaban J connectivity index is 2.82. The van der Waals surface area contributed by atoms with Crippen LogP contribution in [0.2, 0.25) is 0 Å². The Kier molecular flexibility index (Phi) is 1.89. The fraction of sp³-hybridized carbons (Fsp3) is 0.500. The molecule has 2 N–H and O–H groups in total. The molecule has 0 aromatic heterocycles. The first-order valence-corrected chi connectivity index (χ1v) is 3.08. The Hall–Kier alpha value is -1.00. The molecule has 0 aromatic carbocycles. The van der Waals surface area contributed by atoms with Crippen LogP contribution in [0.4, 0.5) is 13.2 Å². The number of hydrogen-bond donors (Lipinski definition) is 1. The van der Waals surface area contributed by atoms with Crippen molar-refractivity contribution in [3.63, 3.8) is 0 Å². The van der Waals surface area contributed by atoms with Crippen molar-refractivity contribution in [2.75, 3.05) is 6.54 Å². The van der Waals surface area contributed by atoms with Gasteiger partial charge in [0.2, 0.25) is 0 Å². The molecule has 0 saturated carbocycles. The summed E-state index contributed by atoms with van der Waals surface area (Å²) in [6, 6.07) is 0. The van der Waals surface area contributed by atoms with Gasteiger partial charge in [0.1, 0.15) is 5.84 Å². The number of nitrogens with zero attached hydrogens (tertiary/aromatic N) is 1.